The first-order valence-electron chi connectivity index (χ1n) is 8.34. The predicted molar refractivity (Wildman–Crippen MR) is 103 cm³/mol. The van der Waals surface area contributed by atoms with Crippen LogP contribution in [0.4, 0.5) is 14.5 Å². The van der Waals surface area contributed by atoms with Crippen molar-refractivity contribution in [2.45, 2.75) is 6.61 Å². The Labute approximate surface area is 166 Å². The van der Waals surface area contributed by atoms with Crippen LogP contribution in [0.5, 0.6) is 28.7 Å². The molecule has 0 aromatic heterocycles. The summed E-state index contributed by atoms with van der Waals surface area (Å²) in [6.45, 7) is -3.04. The molecule has 1 amide bonds. The summed E-state index contributed by atoms with van der Waals surface area (Å²) in [6.07, 6.45) is 2.52. The number of ether oxygens (including phenoxy) is 5. The van der Waals surface area contributed by atoms with Crippen LogP contribution in [-0.4, -0.2) is 41.0 Å². The summed E-state index contributed by atoms with van der Waals surface area (Å²) in [7, 11) is 5.71. The number of nitrogens with one attached hydrogen (secondary N) is 1. The summed E-state index contributed by atoms with van der Waals surface area (Å²) in [5.41, 5.74) is 0.647. The first-order chi connectivity index (χ1) is 13.9. The molecule has 29 heavy (non-hydrogen) atoms. The maximum absolute atomic E-state index is 12.7. The van der Waals surface area contributed by atoms with E-state index in [1.54, 1.807) is 18.2 Å². The van der Waals surface area contributed by atoms with Gasteiger partial charge in [-0.2, -0.15) is 8.78 Å². The lowest BCUT2D eigenvalue weighted by molar-refractivity contribution is -0.111. The number of hydrogen-bond donors (Lipinski definition) is 1. The molecule has 9 heteroatoms. The maximum atomic E-state index is 12.7. The standard InChI is InChI=1S/C20H21F2NO6/c1-25-14-7-5-6-12(18(14)29-20(21)22)8-9-17(24)23-13-10-15(26-2)19(28-4)16(11-13)27-3/h5-11,20H,1-4H3,(H,23,24)/b9-8+. The molecule has 2 rings (SSSR count). The Balaban J connectivity index is 2.25. The summed E-state index contributed by atoms with van der Waals surface area (Å²) >= 11 is 0. The summed E-state index contributed by atoms with van der Waals surface area (Å²) in [5, 5.41) is 2.64. The Morgan fingerprint density at radius 3 is 2.07 bits per heavy atom. The highest BCUT2D eigenvalue weighted by molar-refractivity contribution is 6.02. The van der Waals surface area contributed by atoms with Gasteiger partial charge in [-0.15, -0.1) is 0 Å². The lowest BCUT2D eigenvalue weighted by Gasteiger charge is -2.14. The largest absolute Gasteiger partial charge is 0.493 e. The molecular weight excluding hydrogens is 388 g/mol. The van der Waals surface area contributed by atoms with Crippen LogP contribution in [0.1, 0.15) is 5.56 Å². The highest BCUT2D eigenvalue weighted by Crippen LogP contribution is 2.40. The number of halogens is 2. The van der Waals surface area contributed by atoms with Gasteiger partial charge in [-0.3, -0.25) is 4.79 Å². The number of para-hydroxylation sites is 1. The molecule has 1 N–H and O–H groups in total. The Bertz CT molecular complexity index is 860. The normalized spacial score (nSPS) is 10.7. The van der Waals surface area contributed by atoms with Crippen molar-refractivity contribution in [2.24, 2.45) is 0 Å². The zero-order valence-corrected chi connectivity index (χ0v) is 16.3. The van der Waals surface area contributed by atoms with E-state index >= 15 is 0 Å². The van der Waals surface area contributed by atoms with Crippen molar-refractivity contribution in [3.05, 3.63) is 42.0 Å². The van der Waals surface area contributed by atoms with E-state index in [1.807, 2.05) is 0 Å². The van der Waals surface area contributed by atoms with Crippen LogP contribution in [0.15, 0.2) is 36.4 Å². The molecule has 0 aliphatic heterocycles. The summed E-state index contributed by atoms with van der Waals surface area (Å²) < 4.78 is 50.6. The number of rotatable bonds is 9. The fraction of sp³-hybridized carbons (Fsp3) is 0.250. The quantitative estimate of drug-likeness (QED) is 0.632. The number of methoxy groups -OCH3 is 4. The zero-order chi connectivity index (χ0) is 21.4. The fourth-order valence-corrected chi connectivity index (χ4v) is 2.54. The lowest BCUT2D eigenvalue weighted by Crippen LogP contribution is -2.09. The molecule has 0 unspecified atom stereocenters. The maximum Gasteiger partial charge on any atom is 0.387 e. The van der Waals surface area contributed by atoms with Gasteiger partial charge in [0.15, 0.2) is 23.0 Å². The molecular formula is C20H21F2NO6. The molecule has 0 atom stereocenters. The predicted octanol–water partition coefficient (Wildman–Crippen LogP) is 3.97. The van der Waals surface area contributed by atoms with Crippen molar-refractivity contribution >= 4 is 17.7 Å². The average molecular weight is 409 g/mol. The molecule has 0 fully saturated rings. The number of carbonyl (C=O) groups excluding carboxylic acids is 1. The number of carbonyl (C=O) groups is 1. The molecule has 0 spiro atoms. The first-order valence-corrected chi connectivity index (χ1v) is 8.34. The Hall–Kier alpha value is -3.49. The second-order valence-electron chi connectivity index (χ2n) is 5.49. The van der Waals surface area contributed by atoms with Crippen LogP contribution >= 0.6 is 0 Å². The van der Waals surface area contributed by atoms with E-state index in [9.17, 15) is 13.6 Å². The van der Waals surface area contributed by atoms with Crippen LogP contribution in [-0.2, 0) is 4.79 Å². The molecule has 0 saturated carbocycles. The van der Waals surface area contributed by atoms with Crippen LogP contribution < -0.4 is 29.0 Å². The minimum absolute atomic E-state index is 0.123. The van der Waals surface area contributed by atoms with Crippen LogP contribution in [0.3, 0.4) is 0 Å². The molecule has 7 nitrogen and oxygen atoms in total. The number of hydrogen-bond acceptors (Lipinski definition) is 6. The Morgan fingerprint density at radius 2 is 1.55 bits per heavy atom. The van der Waals surface area contributed by atoms with Gasteiger partial charge in [0.2, 0.25) is 11.7 Å². The van der Waals surface area contributed by atoms with Crippen molar-refractivity contribution < 1.29 is 37.3 Å². The van der Waals surface area contributed by atoms with Crippen molar-refractivity contribution in [2.75, 3.05) is 33.8 Å². The smallest absolute Gasteiger partial charge is 0.387 e. The Morgan fingerprint density at radius 1 is 0.931 bits per heavy atom. The van der Waals surface area contributed by atoms with E-state index in [0.29, 0.717) is 22.9 Å². The molecule has 0 heterocycles. The monoisotopic (exact) mass is 409 g/mol. The van der Waals surface area contributed by atoms with Gasteiger partial charge < -0.3 is 29.0 Å². The van der Waals surface area contributed by atoms with E-state index in [0.717, 1.165) is 0 Å². The van der Waals surface area contributed by atoms with E-state index in [4.69, 9.17) is 18.9 Å². The summed E-state index contributed by atoms with van der Waals surface area (Å²) in [6, 6.07) is 7.70. The molecule has 2 aromatic carbocycles. The van der Waals surface area contributed by atoms with Gasteiger partial charge in [0, 0.05) is 29.5 Å². The number of amides is 1. The molecule has 0 aliphatic rings. The third-order valence-corrected chi connectivity index (χ3v) is 3.78. The SMILES string of the molecule is COc1cccc(/C=C/C(=O)Nc2cc(OC)c(OC)c(OC)c2)c1OC(F)F. The first kappa shape index (κ1) is 21.8. The molecule has 0 saturated heterocycles. The van der Waals surface area contributed by atoms with Gasteiger partial charge in [-0.1, -0.05) is 12.1 Å². The van der Waals surface area contributed by atoms with E-state index < -0.39 is 12.5 Å². The molecule has 0 aliphatic carbocycles. The van der Waals surface area contributed by atoms with Crippen molar-refractivity contribution in [3.8, 4) is 28.7 Å². The molecule has 156 valence electrons. The minimum Gasteiger partial charge on any atom is -0.493 e. The topological polar surface area (TPSA) is 75.3 Å². The highest BCUT2D eigenvalue weighted by atomic mass is 19.3. The van der Waals surface area contributed by atoms with E-state index in [1.165, 1.54) is 52.7 Å². The van der Waals surface area contributed by atoms with E-state index in [-0.39, 0.29) is 17.1 Å². The van der Waals surface area contributed by atoms with Gasteiger partial charge in [0.1, 0.15) is 0 Å². The molecule has 0 radical (unpaired) electrons. The van der Waals surface area contributed by atoms with E-state index in [2.05, 4.69) is 10.1 Å². The van der Waals surface area contributed by atoms with Gasteiger partial charge in [-0.05, 0) is 12.1 Å². The third-order valence-electron chi connectivity index (χ3n) is 3.78. The molecule has 2 aromatic rings. The van der Waals surface area contributed by atoms with Crippen molar-refractivity contribution in [3.63, 3.8) is 0 Å². The Kier molecular flexibility index (Phi) is 7.64. The van der Waals surface area contributed by atoms with Gasteiger partial charge in [0.25, 0.3) is 0 Å². The fourth-order valence-electron chi connectivity index (χ4n) is 2.54. The van der Waals surface area contributed by atoms with Crippen LogP contribution in [0, 0.1) is 0 Å². The second-order valence-corrected chi connectivity index (χ2v) is 5.49. The summed E-state index contributed by atoms with van der Waals surface area (Å²) in [5.74, 6) is 0.566. The average Bonchev–Trinajstić information content (AvgIpc) is 2.71. The van der Waals surface area contributed by atoms with Gasteiger partial charge in [0.05, 0.1) is 28.4 Å². The van der Waals surface area contributed by atoms with Crippen LogP contribution in [0.2, 0.25) is 0 Å². The van der Waals surface area contributed by atoms with Crippen LogP contribution in [0.25, 0.3) is 6.08 Å². The van der Waals surface area contributed by atoms with Gasteiger partial charge in [-0.25, -0.2) is 0 Å². The minimum atomic E-state index is -3.04. The lowest BCUT2D eigenvalue weighted by atomic mass is 10.1. The zero-order valence-electron chi connectivity index (χ0n) is 16.3. The number of benzene rings is 2. The summed E-state index contributed by atoms with van der Waals surface area (Å²) in [4.78, 5) is 12.3. The van der Waals surface area contributed by atoms with Crippen molar-refractivity contribution in [1.82, 2.24) is 0 Å². The van der Waals surface area contributed by atoms with Gasteiger partial charge >= 0.3 is 6.61 Å². The van der Waals surface area contributed by atoms with Crippen molar-refractivity contribution in [1.29, 1.82) is 0 Å². The highest BCUT2D eigenvalue weighted by Gasteiger charge is 2.15. The third kappa shape index (κ3) is 5.50. The number of anilines is 1. The second kappa shape index (κ2) is 10.2. The number of alkyl halides is 2. The molecule has 0 bridgehead atoms.